The molecule has 124 valence electrons. The number of fused-ring (bicyclic) bond motifs is 1. The molecule has 1 aliphatic heterocycles. The first kappa shape index (κ1) is 15.4. The number of rotatable bonds is 4. The van der Waals surface area contributed by atoms with Crippen LogP contribution in [0.4, 0.5) is 4.39 Å². The summed E-state index contributed by atoms with van der Waals surface area (Å²) in [7, 11) is 0. The van der Waals surface area contributed by atoms with Crippen molar-refractivity contribution in [3.63, 3.8) is 0 Å². The van der Waals surface area contributed by atoms with Crippen molar-refractivity contribution in [2.24, 2.45) is 0 Å². The first-order valence-corrected chi connectivity index (χ1v) is 8.46. The molecule has 3 nitrogen and oxygen atoms in total. The number of hydrogen-bond acceptors (Lipinski definition) is 2. The summed E-state index contributed by atoms with van der Waals surface area (Å²) >= 11 is 0. The van der Waals surface area contributed by atoms with Crippen LogP contribution in [-0.4, -0.2) is 28.4 Å². The van der Waals surface area contributed by atoms with Crippen molar-refractivity contribution in [1.82, 2.24) is 9.88 Å². The Kier molecular flexibility index (Phi) is 4.08. The molecule has 1 aromatic heterocycles. The van der Waals surface area contributed by atoms with Gasteiger partial charge in [0, 0.05) is 17.8 Å². The second-order valence-corrected chi connectivity index (χ2v) is 6.48. The molecule has 0 amide bonds. The van der Waals surface area contributed by atoms with Crippen molar-refractivity contribution in [3.8, 4) is 0 Å². The maximum Gasteiger partial charge on any atom is 0.123 e. The lowest BCUT2D eigenvalue weighted by Crippen LogP contribution is -2.41. The van der Waals surface area contributed by atoms with E-state index in [9.17, 15) is 9.50 Å². The highest BCUT2D eigenvalue weighted by molar-refractivity contribution is 5.80. The molecule has 0 unspecified atom stereocenters. The number of benzene rings is 2. The van der Waals surface area contributed by atoms with Crippen LogP contribution >= 0.6 is 0 Å². The lowest BCUT2D eigenvalue weighted by atomic mass is 9.94. The summed E-state index contributed by atoms with van der Waals surface area (Å²) in [6.07, 6.45) is 3.36. The van der Waals surface area contributed by atoms with Gasteiger partial charge in [-0.05, 0) is 54.6 Å². The van der Waals surface area contributed by atoms with Gasteiger partial charge in [0.05, 0.1) is 12.1 Å². The van der Waals surface area contributed by atoms with Gasteiger partial charge < -0.3 is 15.0 Å². The SMILES string of the molecule is O[C@@H]([C@@H]1CCCN1)[C@@H](c1cccc(F)c1)n1ccc2ccccc21. The van der Waals surface area contributed by atoms with E-state index in [-0.39, 0.29) is 17.9 Å². The predicted molar refractivity (Wildman–Crippen MR) is 93.5 cm³/mol. The van der Waals surface area contributed by atoms with E-state index in [1.54, 1.807) is 6.07 Å². The Hall–Kier alpha value is -2.17. The number of aliphatic hydroxyl groups excluding tert-OH is 1. The summed E-state index contributed by atoms with van der Waals surface area (Å²) in [4.78, 5) is 0. The first-order valence-electron chi connectivity index (χ1n) is 8.46. The molecule has 2 aromatic carbocycles. The number of aliphatic hydroxyl groups is 1. The average Bonchev–Trinajstić information content (AvgIpc) is 3.25. The standard InChI is InChI=1S/C20H21FN2O/c21-16-7-3-6-15(13-16)19(20(24)17-8-4-11-22-17)23-12-10-14-5-1-2-9-18(14)23/h1-3,5-7,9-10,12-13,17,19-20,22,24H,4,8,11H2/t17-,19+,20-/m0/s1. The highest BCUT2D eigenvalue weighted by Gasteiger charge is 2.32. The monoisotopic (exact) mass is 324 g/mol. The van der Waals surface area contributed by atoms with Gasteiger partial charge in [-0.25, -0.2) is 4.39 Å². The average molecular weight is 324 g/mol. The molecular weight excluding hydrogens is 303 g/mol. The highest BCUT2D eigenvalue weighted by atomic mass is 19.1. The van der Waals surface area contributed by atoms with Crippen LogP contribution in [0.1, 0.15) is 24.4 Å². The number of hydrogen-bond donors (Lipinski definition) is 2. The van der Waals surface area contributed by atoms with Crippen LogP contribution in [0.3, 0.4) is 0 Å². The molecule has 3 aromatic rings. The van der Waals surface area contributed by atoms with Crippen LogP contribution in [0, 0.1) is 5.82 Å². The molecule has 0 aliphatic carbocycles. The minimum atomic E-state index is -0.620. The summed E-state index contributed by atoms with van der Waals surface area (Å²) in [5, 5.41) is 15.6. The minimum Gasteiger partial charge on any atom is -0.389 e. The van der Waals surface area contributed by atoms with Crippen molar-refractivity contribution in [1.29, 1.82) is 0 Å². The fourth-order valence-corrected chi connectivity index (χ4v) is 3.78. The highest BCUT2D eigenvalue weighted by Crippen LogP contribution is 2.31. The van der Waals surface area contributed by atoms with Gasteiger partial charge in [0.25, 0.3) is 0 Å². The third-order valence-corrected chi connectivity index (χ3v) is 4.95. The van der Waals surface area contributed by atoms with Gasteiger partial charge in [-0.2, -0.15) is 0 Å². The van der Waals surface area contributed by atoms with E-state index in [2.05, 4.69) is 16.0 Å². The van der Waals surface area contributed by atoms with E-state index >= 15 is 0 Å². The van der Waals surface area contributed by atoms with E-state index in [0.717, 1.165) is 35.9 Å². The van der Waals surface area contributed by atoms with Crippen LogP contribution in [-0.2, 0) is 0 Å². The maximum absolute atomic E-state index is 13.8. The molecule has 1 fully saturated rings. The molecule has 2 N–H and O–H groups in total. The number of nitrogens with one attached hydrogen (secondary N) is 1. The van der Waals surface area contributed by atoms with Crippen LogP contribution in [0.5, 0.6) is 0 Å². The summed E-state index contributed by atoms with van der Waals surface area (Å²) < 4.78 is 15.9. The van der Waals surface area contributed by atoms with Gasteiger partial charge in [0.15, 0.2) is 0 Å². The smallest absolute Gasteiger partial charge is 0.123 e. The van der Waals surface area contributed by atoms with E-state index < -0.39 is 6.10 Å². The van der Waals surface area contributed by atoms with Crippen LogP contribution in [0.15, 0.2) is 60.8 Å². The van der Waals surface area contributed by atoms with Gasteiger partial charge in [-0.3, -0.25) is 0 Å². The number of aromatic nitrogens is 1. The summed E-state index contributed by atoms with van der Waals surface area (Å²) in [6.45, 7) is 0.921. The molecule has 1 aliphatic rings. The van der Waals surface area contributed by atoms with Crippen LogP contribution in [0.2, 0.25) is 0 Å². The molecule has 0 bridgehead atoms. The van der Waals surface area contributed by atoms with Gasteiger partial charge in [-0.15, -0.1) is 0 Å². The zero-order valence-corrected chi connectivity index (χ0v) is 13.4. The van der Waals surface area contributed by atoms with Crippen LogP contribution in [0.25, 0.3) is 10.9 Å². The zero-order chi connectivity index (χ0) is 16.5. The molecule has 3 atom stereocenters. The maximum atomic E-state index is 13.8. The fourth-order valence-electron chi connectivity index (χ4n) is 3.78. The Balaban J connectivity index is 1.83. The quantitative estimate of drug-likeness (QED) is 0.771. The Labute approximate surface area is 140 Å². The molecule has 0 saturated carbocycles. The van der Waals surface area contributed by atoms with E-state index in [0.29, 0.717) is 0 Å². The normalized spacial score (nSPS) is 20.3. The summed E-state index contributed by atoms with van der Waals surface area (Å²) in [6, 6.07) is 16.4. The van der Waals surface area contributed by atoms with E-state index in [1.807, 2.05) is 36.5 Å². The fraction of sp³-hybridized carbons (Fsp3) is 0.300. The van der Waals surface area contributed by atoms with Crippen molar-refractivity contribution >= 4 is 10.9 Å². The Morgan fingerprint density at radius 3 is 2.79 bits per heavy atom. The Bertz CT molecular complexity index is 838. The molecular formula is C20H21FN2O. The number of nitrogens with zero attached hydrogens (tertiary/aromatic N) is 1. The Morgan fingerprint density at radius 2 is 2.00 bits per heavy atom. The van der Waals surface area contributed by atoms with E-state index in [4.69, 9.17) is 0 Å². The molecule has 4 rings (SSSR count). The van der Waals surface area contributed by atoms with Gasteiger partial charge >= 0.3 is 0 Å². The lowest BCUT2D eigenvalue weighted by molar-refractivity contribution is 0.0970. The van der Waals surface area contributed by atoms with Crippen molar-refractivity contribution in [2.75, 3.05) is 6.54 Å². The molecule has 1 saturated heterocycles. The van der Waals surface area contributed by atoms with E-state index in [1.165, 1.54) is 12.1 Å². The zero-order valence-electron chi connectivity index (χ0n) is 13.4. The topological polar surface area (TPSA) is 37.2 Å². The molecule has 24 heavy (non-hydrogen) atoms. The lowest BCUT2D eigenvalue weighted by Gasteiger charge is -2.30. The third kappa shape index (κ3) is 2.72. The Morgan fingerprint density at radius 1 is 1.12 bits per heavy atom. The number of para-hydroxylation sites is 1. The van der Waals surface area contributed by atoms with Crippen LogP contribution < -0.4 is 5.32 Å². The van der Waals surface area contributed by atoms with Crippen molar-refractivity contribution in [2.45, 2.75) is 31.0 Å². The van der Waals surface area contributed by atoms with Gasteiger partial charge in [0.1, 0.15) is 5.82 Å². The third-order valence-electron chi connectivity index (χ3n) is 4.95. The summed E-state index contributed by atoms with van der Waals surface area (Å²) in [5.41, 5.74) is 1.83. The molecule has 0 spiro atoms. The second-order valence-electron chi connectivity index (χ2n) is 6.48. The minimum absolute atomic E-state index is 0.0272. The molecule has 2 heterocycles. The van der Waals surface area contributed by atoms with Gasteiger partial charge in [0.2, 0.25) is 0 Å². The van der Waals surface area contributed by atoms with Crippen molar-refractivity contribution < 1.29 is 9.50 Å². The largest absolute Gasteiger partial charge is 0.389 e. The first-order chi connectivity index (χ1) is 11.7. The molecule has 0 radical (unpaired) electrons. The summed E-state index contributed by atoms with van der Waals surface area (Å²) in [5.74, 6) is -0.277. The van der Waals surface area contributed by atoms with Crippen molar-refractivity contribution in [3.05, 3.63) is 72.2 Å². The second kappa shape index (κ2) is 6.38. The predicted octanol–water partition coefficient (Wildman–Crippen LogP) is 3.48. The van der Waals surface area contributed by atoms with Gasteiger partial charge in [-0.1, -0.05) is 30.3 Å². The number of halogens is 1. The molecule has 4 heteroatoms.